The average molecular weight is 330 g/mol. The summed E-state index contributed by atoms with van der Waals surface area (Å²) in [7, 11) is 1.41. The van der Waals surface area contributed by atoms with Gasteiger partial charge in [0.25, 0.3) is 5.91 Å². The van der Waals surface area contributed by atoms with Crippen molar-refractivity contribution in [2.75, 3.05) is 33.1 Å². The van der Waals surface area contributed by atoms with Crippen molar-refractivity contribution in [2.24, 2.45) is 13.0 Å². The summed E-state index contributed by atoms with van der Waals surface area (Å²) in [5, 5.41) is 6.99. The molecule has 1 fully saturated rings. The van der Waals surface area contributed by atoms with Gasteiger partial charge < -0.3 is 10.1 Å². The van der Waals surface area contributed by atoms with Crippen molar-refractivity contribution in [2.45, 2.75) is 13.0 Å². The van der Waals surface area contributed by atoms with Crippen molar-refractivity contribution >= 4 is 15.9 Å². The summed E-state index contributed by atoms with van der Waals surface area (Å²) in [5.74, 6) is -0.557. The minimum atomic E-state index is -3.33. The molecule has 1 aliphatic heterocycles. The van der Waals surface area contributed by atoms with E-state index in [9.17, 15) is 13.2 Å². The molecule has 2 heterocycles. The van der Waals surface area contributed by atoms with E-state index in [1.54, 1.807) is 24.9 Å². The predicted molar refractivity (Wildman–Crippen MR) is 81.0 cm³/mol. The Balaban J connectivity index is 2.05. The summed E-state index contributed by atoms with van der Waals surface area (Å²) in [6, 6.07) is -0.318. The quantitative estimate of drug-likeness (QED) is 0.775. The molecule has 0 radical (unpaired) electrons. The van der Waals surface area contributed by atoms with Crippen molar-refractivity contribution in [3.63, 3.8) is 0 Å². The minimum absolute atomic E-state index is 0.0447. The average Bonchev–Trinajstić information content (AvgIpc) is 2.95. The zero-order chi connectivity index (χ0) is 16.5. The fourth-order valence-corrected chi connectivity index (χ4v) is 3.58. The molecule has 0 unspecified atom stereocenters. The summed E-state index contributed by atoms with van der Waals surface area (Å²) >= 11 is 0. The van der Waals surface area contributed by atoms with Gasteiger partial charge in [0, 0.05) is 33.3 Å². The molecule has 2 atom stereocenters. The number of aryl methyl sites for hydroxylation is 2. The van der Waals surface area contributed by atoms with Gasteiger partial charge in [0.1, 0.15) is 0 Å². The van der Waals surface area contributed by atoms with Crippen LogP contribution in [0.5, 0.6) is 0 Å². The van der Waals surface area contributed by atoms with E-state index < -0.39 is 10.0 Å². The molecule has 1 N–H and O–H groups in total. The lowest BCUT2D eigenvalue weighted by molar-refractivity contribution is 0.0925. The Bertz CT molecular complexity index is 653. The summed E-state index contributed by atoms with van der Waals surface area (Å²) in [5.41, 5.74) is 1.12. The number of rotatable bonds is 5. The van der Waals surface area contributed by atoms with Crippen molar-refractivity contribution in [1.29, 1.82) is 0 Å². The summed E-state index contributed by atoms with van der Waals surface area (Å²) in [4.78, 5) is 12.3. The molecule has 1 aliphatic rings. The third-order valence-corrected chi connectivity index (χ3v) is 5.72. The molecule has 2 rings (SSSR count). The monoisotopic (exact) mass is 330 g/mol. The molecule has 1 saturated heterocycles. The van der Waals surface area contributed by atoms with Gasteiger partial charge in [0.15, 0.2) is 0 Å². The lowest BCUT2D eigenvalue weighted by atomic mass is 10.1. The fourth-order valence-electron chi connectivity index (χ4n) is 2.41. The van der Waals surface area contributed by atoms with Gasteiger partial charge in [-0.15, -0.1) is 0 Å². The number of nitrogens with one attached hydrogen (secondary N) is 1. The topological polar surface area (TPSA) is 93.5 Å². The Morgan fingerprint density at radius 1 is 1.50 bits per heavy atom. The highest BCUT2D eigenvalue weighted by Crippen LogP contribution is 2.18. The number of carbonyl (C=O) groups excluding carboxylic acids is 1. The van der Waals surface area contributed by atoms with Crippen LogP contribution in [0, 0.1) is 12.8 Å². The number of carbonyl (C=O) groups is 1. The molecule has 22 heavy (non-hydrogen) atoms. The third-order valence-electron chi connectivity index (χ3n) is 3.75. The van der Waals surface area contributed by atoms with E-state index in [4.69, 9.17) is 4.74 Å². The van der Waals surface area contributed by atoms with E-state index in [0.29, 0.717) is 24.5 Å². The van der Waals surface area contributed by atoms with Crippen LogP contribution in [0.2, 0.25) is 0 Å². The van der Waals surface area contributed by atoms with Gasteiger partial charge in [0.05, 0.1) is 36.3 Å². The Morgan fingerprint density at radius 3 is 2.73 bits per heavy atom. The van der Waals surface area contributed by atoms with Crippen LogP contribution in [0.25, 0.3) is 0 Å². The largest absolute Gasteiger partial charge is 0.379 e. The van der Waals surface area contributed by atoms with Crippen LogP contribution in [0.1, 0.15) is 16.1 Å². The van der Waals surface area contributed by atoms with E-state index in [0.717, 1.165) is 0 Å². The fraction of sp³-hybridized carbons (Fsp3) is 0.692. The van der Waals surface area contributed by atoms with Gasteiger partial charge in [-0.25, -0.2) is 12.7 Å². The number of hydrogen-bond acceptors (Lipinski definition) is 5. The third kappa shape index (κ3) is 3.65. The van der Waals surface area contributed by atoms with E-state index >= 15 is 0 Å². The molecule has 124 valence electrons. The van der Waals surface area contributed by atoms with Gasteiger partial charge in [-0.3, -0.25) is 9.48 Å². The number of aromatic nitrogens is 2. The van der Waals surface area contributed by atoms with Gasteiger partial charge in [0.2, 0.25) is 10.0 Å². The maximum Gasteiger partial charge on any atom is 0.255 e. The van der Waals surface area contributed by atoms with Crippen molar-refractivity contribution < 1.29 is 17.9 Å². The number of ether oxygens (including phenoxy) is 1. The highest BCUT2D eigenvalue weighted by molar-refractivity contribution is 7.89. The van der Waals surface area contributed by atoms with Crippen LogP contribution < -0.4 is 5.32 Å². The van der Waals surface area contributed by atoms with Crippen molar-refractivity contribution in [3.8, 4) is 0 Å². The first-order chi connectivity index (χ1) is 10.2. The first-order valence-electron chi connectivity index (χ1n) is 6.99. The number of nitrogens with zero attached hydrogens (tertiary/aromatic N) is 3. The molecule has 8 nitrogen and oxygen atoms in total. The first-order valence-corrected chi connectivity index (χ1v) is 8.60. The molecule has 1 aromatic heterocycles. The van der Waals surface area contributed by atoms with Crippen LogP contribution in [-0.2, 0) is 21.8 Å². The van der Waals surface area contributed by atoms with E-state index in [1.165, 1.54) is 18.4 Å². The van der Waals surface area contributed by atoms with E-state index in [-0.39, 0.29) is 23.6 Å². The second-order valence-corrected chi connectivity index (χ2v) is 7.97. The highest BCUT2D eigenvalue weighted by Gasteiger charge is 2.34. The van der Waals surface area contributed by atoms with Crippen LogP contribution in [0.4, 0.5) is 0 Å². The van der Waals surface area contributed by atoms with Gasteiger partial charge in [-0.05, 0) is 6.92 Å². The smallest absolute Gasteiger partial charge is 0.255 e. The standard InChI is InChI=1S/C13H22N4O4S/c1-9-11(5-17(4)15-9)13(18)14-12-7-21-6-10(12)8-22(19,20)16(2)3/h5,10,12H,6-8H2,1-4H3,(H,14,18)/t10-,12+/m0/s1. The summed E-state index contributed by atoms with van der Waals surface area (Å²) in [6.07, 6.45) is 1.64. The molecule has 9 heteroatoms. The van der Waals surface area contributed by atoms with E-state index in [1.807, 2.05) is 0 Å². The minimum Gasteiger partial charge on any atom is -0.379 e. The molecule has 0 bridgehead atoms. The van der Waals surface area contributed by atoms with Crippen molar-refractivity contribution in [1.82, 2.24) is 19.4 Å². The zero-order valence-corrected chi connectivity index (χ0v) is 14.1. The number of hydrogen-bond donors (Lipinski definition) is 1. The summed E-state index contributed by atoms with van der Waals surface area (Å²) < 4.78 is 32.1. The van der Waals surface area contributed by atoms with Crippen molar-refractivity contribution in [3.05, 3.63) is 17.5 Å². The normalized spacial score (nSPS) is 22.2. The molecule has 1 aromatic rings. The zero-order valence-electron chi connectivity index (χ0n) is 13.2. The Kier molecular flexibility index (Phi) is 4.88. The van der Waals surface area contributed by atoms with Gasteiger partial charge in [-0.2, -0.15) is 5.10 Å². The number of sulfonamides is 1. The molecular weight excluding hydrogens is 308 g/mol. The molecule has 0 saturated carbocycles. The second-order valence-electron chi connectivity index (χ2n) is 5.74. The lowest BCUT2D eigenvalue weighted by Gasteiger charge is -2.20. The Hall–Kier alpha value is -1.45. The van der Waals surface area contributed by atoms with Crippen LogP contribution in [0.3, 0.4) is 0 Å². The summed E-state index contributed by atoms with van der Waals surface area (Å²) in [6.45, 7) is 2.40. The molecular formula is C13H22N4O4S. The molecule has 0 spiro atoms. The van der Waals surface area contributed by atoms with Crippen LogP contribution >= 0.6 is 0 Å². The van der Waals surface area contributed by atoms with Gasteiger partial charge >= 0.3 is 0 Å². The maximum absolute atomic E-state index is 12.3. The first kappa shape index (κ1) is 16.9. The molecule has 1 amide bonds. The lowest BCUT2D eigenvalue weighted by Crippen LogP contribution is -2.43. The van der Waals surface area contributed by atoms with Crippen LogP contribution in [0.15, 0.2) is 6.20 Å². The highest BCUT2D eigenvalue weighted by atomic mass is 32.2. The van der Waals surface area contributed by atoms with E-state index in [2.05, 4.69) is 10.4 Å². The van der Waals surface area contributed by atoms with Crippen LogP contribution in [-0.4, -0.2) is 67.5 Å². The maximum atomic E-state index is 12.3. The SMILES string of the molecule is Cc1nn(C)cc1C(=O)N[C@@H]1COC[C@H]1CS(=O)(=O)N(C)C. The predicted octanol–water partition coefficient (Wildman–Crippen LogP) is -0.635. The second kappa shape index (κ2) is 6.35. The number of amides is 1. The Morgan fingerprint density at radius 2 is 2.18 bits per heavy atom. The molecule has 0 aliphatic carbocycles. The molecule has 0 aromatic carbocycles. The Labute approximate surface area is 130 Å². The van der Waals surface area contributed by atoms with Gasteiger partial charge in [-0.1, -0.05) is 0 Å².